The number of carbonyl (C=O) groups excluding carboxylic acids is 2. The van der Waals surface area contributed by atoms with Gasteiger partial charge in [0, 0.05) is 28.3 Å². The monoisotopic (exact) mass is 246 g/mol. The Kier molecular flexibility index (Phi) is 9.49. The van der Waals surface area contributed by atoms with Gasteiger partial charge in [0.05, 0.1) is 0 Å². The van der Waals surface area contributed by atoms with E-state index in [2.05, 4.69) is 10.6 Å². The second-order valence-corrected chi connectivity index (χ2v) is 4.56. The summed E-state index contributed by atoms with van der Waals surface area (Å²) in [5.74, 6) is 0.314. The number of rotatable bonds is 9. The van der Waals surface area contributed by atoms with Crippen molar-refractivity contribution in [3.8, 4) is 0 Å². The van der Waals surface area contributed by atoms with Crippen LogP contribution in [0.1, 0.15) is 55.7 Å². The molecule has 0 rings (SSSR count). The first kappa shape index (κ1) is 15.9. The Hall–Kier alpha value is -1.06. The van der Waals surface area contributed by atoms with E-state index < -0.39 is 0 Å². The minimum atomic E-state index is 0. The van der Waals surface area contributed by atoms with Gasteiger partial charge in [0.25, 0.3) is 0 Å². The standard InChI is InChI=1S/C13H26N2O2.2H2/c1-4-12(16)14-9-7-5-6-8-10-15-13(17)11(2)3;;/h11H,4-10H2,1-3H3,(H,14,16)(H,15,17);2*1H. The van der Waals surface area contributed by atoms with Crippen LogP contribution in [-0.4, -0.2) is 24.9 Å². The maximum atomic E-state index is 11.2. The third-order valence-electron chi connectivity index (χ3n) is 2.57. The molecule has 0 atom stereocenters. The normalized spacial score (nSPS) is 10.4. The molecule has 2 N–H and O–H groups in total. The van der Waals surface area contributed by atoms with Gasteiger partial charge in [-0.05, 0) is 12.8 Å². The van der Waals surface area contributed by atoms with E-state index in [0.717, 1.165) is 38.8 Å². The van der Waals surface area contributed by atoms with Gasteiger partial charge in [-0.2, -0.15) is 0 Å². The van der Waals surface area contributed by atoms with Crippen molar-refractivity contribution in [1.82, 2.24) is 10.6 Å². The quantitative estimate of drug-likeness (QED) is 0.613. The van der Waals surface area contributed by atoms with Gasteiger partial charge in [-0.3, -0.25) is 9.59 Å². The first-order valence-corrected chi connectivity index (χ1v) is 6.62. The van der Waals surface area contributed by atoms with Gasteiger partial charge in [0.2, 0.25) is 11.8 Å². The molecular formula is C13H30N2O2. The lowest BCUT2D eigenvalue weighted by molar-refractivity contribution is -0.124. The van der Waals surface area contributed by atoms with Crippen molar-refractivity contribution in [3.63, 3.8) is 0 Å². The summed E-state index contributed by atoms with van der Waals surface area (Å²) in [4.78, 5) is 22.2. The van der Waals surface area contributed by atoms with Gasteiger partial charge in [-0.25, -0.2) is 0 Å². The molecule has 0 unspecified atom stereocenters. The molecule has 0 spiro atoms. The summed E-state index contributed by atoms with van der Waals surface area (Å²) in [5, 5.41) is 5.74. The van der Waals surface area contributed by atoms with E-state index in [9.17, 15) is 9.59 Å². The Labute approximate surface area is 108 Å². The first-order valence-electron chi connectivity index (χ1n) is 6.62. The topological polar surface area (TPSA) is 58.2 Å². The van der Waals surface area contributed by atoms with E-state index in [1.54, 1.807) is 0 Å². The fourth-order valence-corrected chi connectivity index (χ4v) is 1.37. The van der Waals surface area contributed by atoms with Gasteiger partial charge < -0.3 is 10.6 Å². The number of nitrogens with one attached hydrogen (secondary N) is 2. The molecule has 0 heterocycles. The molecule has 17 heavy (non-hydrogen) atoms. The molecule has 104 valence electrons. The zero-order valence-corrected chi connectivity index (χ0v) is 11.3. The van der Waals surface area contributed by atoms with E-state index in [0.29, 0.717) is 6.42 Å². The van der Waals surface area contributed by atoms with Crippen LogP contribution in [0.4, 0.5) is 0 Å². The maximum absolute atomic E-state index is 11.2. The van der Waals surface area contributed by atoms with Crippen LogP contribution in [-0.2, 0) is 9.59 Å². The van der Waals surface area contributed by atoms with Crippen molar-refractivity contribution >= 4 is 11.8 Å². The van der Waals surface area contributed by atoms with E-state index in [1.807, 2.05) is 20.8 Å². The molecule has 0 saturated carbocycles. The summed E-state index contributed by atoms with van der Waals surface area (Å²) in [7, 11) is 0. The molecule has 0 radical (unpaired) electrons. The Morgan fingerprint density at radius 1 is 1.00 bits per heavy atom. The minimum Gasteiger partial charge on any atom is -0.356 e. The second-order valence-electron chi connectivity index (χ2n) is 4.56. The van der Waals surface area contributed by atoms with Crippen molar-refractivity contribution in [2.75, 3.05) is 13.1 Å². The summed E-state index contributed by atoms with van der Waals surface area (Å²) in [6, 6.07) is 0. The zero-order valence-electron chi connectivity index (χ0n) is 11.3. The predicted molar refractivity (Wildman–Crippen MR) is 73.8 cm³/mol. The summed E-state index contributed by atoms with van der Waals surface area (Å²) in [6.45, 7) is 7.17. The zero-order chi connectivity index (χ0) is 13.1. The molecule has 0 aromatic carbocycles. The fourth-order valence-electron chi connectivity index (χ4n) is 1.37. The van der Waals surface area contributed by atoms with Crippen LogP contribution < -0.4 is 10.6 Å². The molecular weight excluding hydrogens is 216 g/mol. The number of unbranched alkanes of at least 4 members (excludes halogenated alkanes) is 3. The molecule has 0 aromatic rings. The molecule has 0 aliphatic rings. The van der Waals surface area contributed by atoms with Crippen LogP contribution in [0.2, 0.25) is 0 Å². The Morgan fingerprint density at radius 2 is 1.53 bits per heavy atom. The first-order chi connectivity index (χ1) is 8.07. The second kappa shape index (κ2) is 10.1. The highest BCUT2D eigenvalue weighted by Gasteiger charge is 2.04. The van der Waals surface area contributed by atoms with E-state index >= 15 is 0 Å². The minimum absolute atomic E-state index is 0. The lowest BCUT2D eigenvalue weighted by Crippen LogP contribution is -2.28. The van der Waals surface area contributed by atoms with Gasteiger partial charge in [0.15, 0.2) is 0 Å². The molecule has 4 heteroatoms. The van der Waals surface area contributed by atoms with Crippen LogP contribution in [0.5, 0.6) is 0 Å². The average molecular weight is 246 g/mol. The van der Waals surface area contributed by atoms with Crippen molar-refractivity contribution in [1.29, 1.82) is 0 Å². The highest BCUT2D eigenvalue weighted by Crippen LogP contribution is 1.98. The van der Waals surface area contributed by atoms with E-state index in [4.69, 9.17) is 0 Å². The third-order valence-corrected chi connectivity index (χ3v) is 2.57. The summed E-state index contributed by atoms with van der Waals surface area (Å²) in [6.07, 6.45) is 4.78. The van der Waals surface area contributed by atoms with Gasteiger partial charge in [0.1, 0.15) is 0 Å². The predicted octanol–water partition coefficient (Wildman–Crippen LogP) is 2.34. The van der Waals surface area contributed by atoms with E-state index in [-0.39, 0.29) is 20.6 Å². The summed E-state index contributed by atoms with van der Waals surface area (Å²) >= 11 is 0. The molecule has 0 aliphatic carbocycles. The van der Waals surface area contributed by atoms with Crippen LogP contribution in [0.3, 0.4) is 0 Å². The summed E-state index contributed by atoms with van der Waals surface area (Å²) in [5.41, 5.74) is 0. The largest absolute Gasteiger partial charge is 0.356 e. The smallest absolute Gasteiger partial charge is 0.222 e. The lowest BCUT2D eigenvalue weighted by atomic mass is 10.1. The Bertz CT molecular complexity index is 237. The number of amides is 2. The van der Waals surface area contributed by atoms with E-state index in [1.165, 1.54) is 0 Å². The summed E-state index contributed by atoms with van der Waals surface area (Å²) < 4.78 is 0. The molecule has 0 saturated heterocycles. The van der Waals surface area contributed by atoms with Crippen molar-refractivity contribution < 1.29 is 12.4 Å². The highest BCUT2D eigenvalue weighted by molar-refractivity contribution is 5.77. The number of carbonyl (C=O) groups is 2. The average Bonchev–Trinajstić information content (AvgIpc) is 2.31. The van der Waals surface area contributed by atoms with Gasteiger partial charge >= 0.3 is 0 Å². The van der Waals surface area contributed by atoms with Crippen LogP contribution in [0, 0.1) is 5.92 Å². The van der Waals surface area contributed by atoms with Gasteiger partial charge in [-0.15, -0.1) is 0 Å². The Morgan fingerprint density at radius 3 is 2.00 bits per heavy atom. The molecule has 0 bridgehead atoms. The molecule has 0 aliphatic heterocycles. The molecule has 0 fully saturated rings. The number of hydrogen-bond donors (Lipinski definition) is 2. The van der Waals surface area contributed by atoms with Crippen LogP contribution >= 0.6 is 0 Å². The van der Waals surface area contributed by atoms with Crippen molar-refractivity contribution in [2.24, 2.45) is 5.92 Å². The fraction of sp³-hybridized carbons (Fsp3) is 0.846. The van der Waals surface area contributed by atoms with Crippen molar-refractivity contribution in [3.05, 3.63) is 0 Å². The molecule has 4 nitrogen and oxygen atoms in total. The highest BCUT2D eigenvalue weighted by atomic mass is 16.2. The maximum Gasteiger partial charge on any atom is 0.222 e. The SMILES string of the molecule is CCC(=O)NCCCCCCNC(=O)C(C)C.[HH].[HH]. The Balaban J connectivity index is -0.00000128. The van der Waals surface area contributed by atoms with Crippen molar-refractivity contribution in [2.45, 2.75) is 52.9 Å². The van der Waals surface area contributed by atoms with Crippen LogP contribution in [0.15, 0.2) is 0 Å². The third kappa shape index (κ3) is 9.85. The lowest BCUT2D eigenvalue weighted by Gasteiger charge is -2.07. The van der Waals surface area contributed by atoms with Gasteiger partial charge in [-0.1, -0.05) is 33.6 Å². The number of hydrogen-bond acceptors (Lipinski definition) is 2. The van der Waals surface area contributed by atoms with Crippen LogP contribution in [0.25, 0.3) is 0 Å². The molecule has 2 amide bonds. The molecule has 0 aromatic heterocycles.